The third kappa shape index (κ3) is 4.22. The van der Waals surface area contributed by atoms with Crippen molar-refractivity contribution in [2.75, 3.05) is 13.1 Å². The van der Waals surface area contributed by atoms with E-state index in [1.54, 1.807) is 0 Å². The minimum absolute atomic E-state index is 0.697. The maximum Gasteiger partial charge on any atom is 0.171 e. The zero-order valence-corrected chi connectivity index (χ0v) is 8.91. The van der Waals surface area contributed by atoms with Crippen molar-refractivity contribution in [3.63, 3.8) is 0 Å². The molecule has 0 atom stereocenters. The lowest BCUT2D eigenvalue weighted by Gasteiger charge is -2.09. The largest absolute Gasteiger partial charge is 0.363 e. The average molecular weight is 199 g/mol. The SMILES string of the molecule is CCNC(=S)NC1=NCCCCC1. The lowest BCUT2D eigenvalue weighted by molar-refractivity contribution is 0.730. The standard InChI is InChI=1S/C9H17N3S/c1-2-10-9(13)12-8-6-4-3-5-7-11-8/h2-7H2,1H3,(H2,10,11,12,13). The van der Waals surface area contributed by atoms with Crippen LogP contribution in [0.1, 0.15) is 32.6 Å². The summed E-state index contributed by atoms with van der Waals surface area (Å²) in [5.74, 6) is 1.04. The molecule has 0 saturated carbocycles. The van der Waals surface area contributed by atoms with Gasteiger partial charge >= 0.3 is 0 Å². The predicted molar refractivity (Wildman–Crippen MR) is 60.2 cm³/mol. The minimum atomic E-state index is 0.697. The van der Waals surface area contributed by atoms with Crippen LogP contribution in [0.15, 0.2) is 4.99 Å². The zero-order chi connectivity index (χ0) is 9.52. The molecular weight excluding hydrogens is 182 g/mol. The second kappa shape index (κ2) is 5.91. The molecule has 1 aliphatic rings. The smallest absolute Gasteiger partial charge is 0.171 e. The predicted octanol–water partition coefficient (Wildman–Crippen LogP) is 1.44. The van der Waals surface area contributed by atoms with Crippen molar-refractivity contribution in [3.8, 4) is 0 Å². The Morgan fingerprint density at radius 2 is 2.31 bits per heavy atom. The first-order valence-electron chi connectivity index (χ1n) is 4.91. The fraction of sp³-hybridized carbons (Fsp3) is 0.778. The van der Waals surface area contributed by atoms with Gasteiger partial charge in [0, 0.05) is 19.5 Å². The van der Waals surface area contributed by atoms with Gasteiger partial charge in [-0.15, -0.1) is 0 Å². The van der Waals surface area contributed by atoms with Gasteiger partial charge in [-0.2, -0.15) is 0 Å². The molecule has 0 amide bonds. The van der Waals surface area contributed by atoms with Gasteiger partial charge in [0.1, 0.15) is 5.84 Å². The molecule has 1 aliphatic heterocycles. The molecule has 0 fully saturated rings. The first-order chi connectivity index (χ1) is 6.33. The normalized spacial score (nSPS) is 17.2. The molecule has 0 radical (unpaired) electrons. The Bertz CT molecular complexity index is 201. The lowest BCUT2D eigenvalue weighted by Crippen LogP contribution is -2.39. The van der Waals surface area contributed by atoms with Crippen LogP contribution in [0, 0.1) is 0 Å². The quantitative estimate of drug-likeness (QED) is 0.627. The summed E-state index contributed by atoms with van der Waals surface area (Å²) in [6, 6.07) is 0. The minimum Gasteiger partial charge on any atom is -0.363 e. The molecule has 0 aromatic carbocycles. The van der Waals surface area contributed by atoms with Gasteiger partial charge in [-0.1, -0.05) is 6.42 Å². The van der Waals surface area contributed by atoms with Crippen LogP contribution in [0.25, 0.3) is 0 Å². The summed E-state index contributed by atoms with van der Waals surface area (Å²) in [6.45, 7) is 3.83. The lowest BCUT2D eigenvalue weighted by atomic mass is 10.2. The number of nitrogens with zero attached hydrogens (tertiary/aromatic N) is 1. The van der Waals surface area contributed by atoms with E-state index in [1.807, 2.05) is 6.92 Å². The van der Waals surface area contributed by atoms with Gasteiger partial charge in [-0.3, -0.25) is 4.99 Å². The van der Waals surface area contributed by atoms with Crippen LogP contribution in [0.3, 0.4) is 0 Å². The van der Waals surface area contributed by atoms with Gasteiger partial charge < -0.3 is 10.6 Å². The topological polar surface area (TPSA) is 36.4 Å². The van der Waals surface area contributed by atoms with E-state index < -0.39 is 0 Å². The third-order valence-electron chi connectivity index (χ3n) is 1.97. The Balaban J connectivity index is 2.33. The molecule has 1 rings (SSSR count). The Morgan fingerprint density at radius 3 is 3.08 bits per heavy atom. The molecule has 3 nitrogen and oxygen atoms in total. The molecule has 0 spiro atoms. The van der Waals surface area contributed by atoms with E-state index in [1.165, 1.54) is 19.3 Å². The van der Waals surface area contributed by atoms with Crippen molar-refractivity contribution in [1.29, 1.82) is 0 Å². The van der Waals surface area contributed by atoms with E-state index >= 15 is 0 Å². The van der Waals surface area contributed by atoms with Crippen LogP contribution in [0.4, 0.5) is 0 Å². The van der Waals surface area contributed by atoms with E-state index in [4.69, 9.17) is 12.2 Å². The van der Waals surface area contributed by atoms with Crippen molar-refractivity contribution in [2.45, 2.75) is 32.6 Å². The van der Waals surface area contributed by atoms with Gasteiger partial charge in [0.2, 0.25) is 0 Å². The highest BCUT2D eigenvalue weighted by molar-refractivity contribution is 7.80. The number of aliphatic imine (C=N–C) groups is 1. The van der Waals surface area contributed by atoms with Crippen LogP contribution in [0.2, 0.25) is 0 Å². The Morgan fingerprint density at radius 1 is 1.46 bits per heavy atom. The van der Waals surface area contributed by atoms with E-state index in [0.29, 0.717) is 5.11 Å². The summed E-state index contributed by atoms with van der Waals surface area (Å²) in [5.41, 5.74) is 0. The monoisotopic (exact) mass is 199 g/mol. The first kappa shape index (κ1) is 10.4. The summed E-state index contributed by atoms with van der Waals surface area (Å²) in [4.78, 5) is 4.42. The van der Waals surface area contributed by atoms with Crippen molar-refractivity contribution in [3.05, 3.63) is 0 Å². The van der Waals surface area contributed by atoms with E-state index in [-0.39, 0.29) is 0 Å². The fourth-order valence-electron chi connectivity index (χ4n) is 1.31. The molecule has 0 aliphatic carbocycles. The average Bonchev–Trinajstić information content (AvgIpc) is 2.33. The van der Waals surface area contributed by atoms with E-state index in [0.717, 1.165) is 25.3 Å². The highest BCUT2D eigenvalue weighted by Gasteiger charge is 2.04. The van der Waals surface area contributed by atoms with Crippen LogP contribution in [-0.2, 0) is 0 Å². The molecule has 4 heteroatoms. The summed E-state index contributed by atoms with van der Waals surface area (Å²) >= 11 is 5.08. The Hall–Kier alpha value is -0.640. The van der Waals surface area contributed by atoms with Crippen molar-refractivity contribution < 1.29 is 0 Å². The molecule has 0 saturated heterocycles. The highest BCUT2D eigenvalue weighted by atomic mass is 32.1. The third-order valence-corrected chi connectivity index (χ3v) is 2.22. The summed E-state index contributed by atoms with van der Waals surface area (Å²) in [5, 5.41) is 6.88. The van der Waals surface area contributed by atoms with Crippen molar-refractivity contribution >= 4 is 23.2 Å². The van der Waals surface area contributed by atoms with Crippen molar-refractivity contribution in [2.24, 2.45) is 4.99 Å². The van der Waals surface area contributed by atoms with Crippen LogP contribution in [0.5, 0.6) is 0 Å². The Kier molecular flexibility index (Phi) is 4.75. The van der Waals surface area contributed by atoms with Gasteiger partial charge in [0.15, 0.2) is 5.11 Å². The second-order valence-corrected chi connectivity index (χ2v) is 3.53. The number of rotatable bonds is 1. The maximum atomic E-state index is 5.08. The number of hydrogen-bond acceptors (Lipinski definition) is 2. The van der Waals surface area contributed by atoms with Crippen LogP contribution in [-0.4, -0.2) is 24.0 Å². The maximum absolute atomic E-state index is 5.08. The number of thiocarbonyl (C=S) groups is 1. The summed E-state index contributed by atoms with van der Waals surface area (Å²) < 4.78 is 0. The number of hydrogen-bond donors (Lipinski definition) is 2. The molecule has 0 aromatic rings. The number of amidine groups is 1. The van der Waals surface area contributed by atoms with Gasteiger partial charge in [-0.05, 0) is 32.0 Å². The van der Waals surface area contributed by atoms with E-state index in [2.05, 4.69) is 15.6 Å². The fourth-order valence-corrected chi connectivity index (χ4v) is 1.57. The molecule has 0 unspecified atom stereocenters. The number of nitrogens with one attached hydrogen (secondary N) is 2. The Labute approximate surface area is 85.0 Å². The first-order valence-corrected chi connectivity index (χ1v) is 5.32. The van der Waals surface area contributed by atoms with Gasteiger partial charge in [0.25, 0.3) is 0 Å². The summed E-state index contributed by atoms with van der Waals surface area (Å²) in [6.07, 6.45) is 4.74. The van der Waals surface area contributed by atoms with E-state index in [9.17, 15) is 0 Å². The van der Waals surface area contributed by atoms with Gasteiger partial charge in [0.05, 0.1) is 0 Å². The molecule has 74 valence electrons. The second-order valence-electron chi connectivity index (χ2n) is 3.12. The molecule has 1 heterocycles. The van der Waals surface area contributed by atoms with Crippen LogP contribution >= 0.6 is 12.2 Å². The molecule has 2 N–H and O–H groups in total. The van der Waals surface area contributed by atoms with Gasteiger partial charge in [-0.25, -0.2) is 0 Å². The molecule has 0 bridgehead atoms. The van der Waals surface area contributed by atoms with Crippen molar-refractivity contribution in [1.82, 2.24) is 10.6 Å². The zero-order valence-electron chi connectivity index (χ0n) is 8.10. The summed E-state index contributed by atoms with van der Waals surface area (Å²) in [7, 11) is 0. The molecule has 13 heavy (non-hydrogen) atoms. The van der Waals surface area contributed by atoms with Crippen LogP contribution < -0.4 is 10.6 Å². The highest BCUT2D eigenvalue weighted by Crippen LogP contribution is 2.05. The molecular formula is C9H17N3S. The molecule has 0 aromatic heterocycles.